The van der Waals surface area contributed by atoms with E-state index in [4.69, 9.17) is 22.9 Å². The van der Waals surface area contributed by atoms with E-state index in [1.807, 2.05) is 28.5 Å². The summed E-state index contributed by atoms with van der Waals surface area (Å²) in [6.45, 7) is 2.08. The molecule has 1 fully saturated rings. The molecule has 0 bridgehead atoms. The van der Waals surface area contributed by atoms with Crippen molar-refractivity contribution < 1.29 is 9.90 Å². The van der Waals surface area contributed by atoms with Crippen molar-refractivity contribution in [3.63, 3.8) is 0 Å². The number of nitrogens with zero attached hydrogens (tertiary/aromatic N) is 1. The van der Waals surface area contributed by atoms with Crippen LogP contribution in [-0.4, -0.2) is 34.2 Å². The molecule has 3 unspecified atom stereocenters. The first-order valence-electron chi connectivity index (χ1n) is 10.0. The van der Waals surface area contributed by atoms with Crippen LogP contribution in [0.1, 0.15) is 59.5 Å². The molecular formula is C22H27ClN4O2S. The fourth-order valence-corrected chi connectivity index (χ4v) is 5.21. The Kier molecular flexibility index (Phi) is 7.66. The number of halogens is 1. The fourth-order valence-electron chi connectivity index (χ4n) is 4.08. The molecule has 0 saturated carbocycles. The zero-order valence-electron chi connectivity index (χ0n) is 16.8. The molecule has 1 aliphatic rings. The minimum Gasteiger partial charge on any atom is -0.388 e. The highest BCUT2D eigenvalue weighted by atomic mass is 35.5. The van der Waals surface area contributed by atoms with Gasteiger partial charge in [0.25, 0.3) is 5.91 Å². The van der Waals surface area contributed by atoms with Crippen LogP contribution in [0.2, 0.25) is 5.02 Å². The third-order valence-corrected chi connectivity index (χ3v) is 6.93. The Morgan fingerprint density at radius 3 is 2.83 bits per heavy atom. The number of carbonyl (C=O) groups excluding carboxylic acids is 1. The standard InChI is InChI=1S/C22H27ClN4O2S/c1-2-16-7-8-17(10-20(28)18-5-3-4-6-19(18)23)27(16)22(29)14-9-21(30-13-14)15(11-24)12-26-25/h3-6,9,11-13,16-17,20,24,26,28H,2,7-8,10,25H2,1H3/b15-12+,24-11?. The first-order chi connectivity index (χ1) is 14.5. The Balaban J connectivity index is 1.81. The van der Waals surface area contributed by atoms with E-state index in [9.17, 15) is 9.90 Å². The lowest BCUT2D eigenvalue weighted by Gasteiger charge is -2.31. The highest BCUT2D eigenvalue weighted by Crippen LogP contribution is 2.36. The van der Waals surface area contributed by atoms with Gasteiger partial charge in [0.05, 0.1) is 11.7 Å². The number of thiophene rings is 1. The van der Waals surface area contributed by atoms with Gasteiger partial charge in [-0.15, -0.1) is 11.3 Å². The van der Waals surface area contributed by atoms with Gasteiger partial charge in [-0.2, -0.15) is 0 Å². The molecular weight excluding hydrogens is 420 g/mol. The van der Waals surface area contributed by atoms with Gasteiger partial charge < -0.3 is 20.8 Å². The van der Waals surface area contributed by atoms with Gasteiger partial charge in [0.15, 0.2) is 0 Å². The monoisotopic (exact) mass is 446 g/mol. The highest BCUT2D eigenvalue weighted by Gasteiger charge is 2.37. The second-order valence-corrected chi connectivity index (χ2v) is 8.71. The molecule has 8 heteroatoms. The fraction of sp³-hybridized carbons (Fsp3) is 0.364. The molecule has 0 radical (unpaired) electrons. The quantitative estimate of drug-likeness (QED) is 0.275. The maximum atomic E-state index is 13.4. The minimum atomic E-state index is -0.726. The number of aliphatic hydroxyl groups is 1. The number of aliphatic hydroxyl groups excluding tert-OH is 1. The van der Waals surface area contributed by atoms with Gasteiger partial charge in [0.1, 0.15) is 0 Å². The summed E-state index contributed by atoms with van der Waals surface area (Å²) in [5.74, 6) is 5.30. The van der Waals surface area contributed by atoms with Crippen molar-refractivity contribution in [2.45, 2.75) is 50.8 Å². The van der Waals surface area contributed by atoms with Crippen LogP contribution in [0.25, 0.3) is 5.57 Å². The van der Waals surface area contributed by atoms with E-state index >= 15 is 0 Å². The summed E-state index contributed by atoms with van der Waals surface area (Å²) in [7, 11) is 0. The molecule has 5 N–H and O–H groups in total. The topological polar surface area (TPSA) is 102 Å². The molecule has 0 spiro atoms. The Hall–Kier alpha value is -2.19. The van der Waals surface area contributed by atoms with Crippen LogP contribution < -0.4 is 11.3 Å². The Bertz CT molecular complexity index is 929. The normalized spacial score (nSPS) is 20.3. The summed E-state index contributed by atoms with van der Waals surface area (Å²) in [6.07, 6.45) is 5.09. The zero-order valence-corrected chi connectivity index (χ0v) is 18.4. The predicted molar refractivity (Wildman–Crippen MR) is 123 cm³/mol. The number of nitrogens with one attached hydrogen (secondary N) is 2. The Morgan fingerprint density at radius 1 is 1.43 bits per heavy atom. The van der Waals surface area contributed by atoms with Crippen LogP contribution >= 0.6 is 22.9 Å². The second kappa shape index (κ2) is 10.2. The minimum absolute atomic E-state index is 0.0387. The van der Waals surface area contributed by atoms with Crippen LogP contribution in [-0.2, 0) is 0 Å². The van der Waals surface area contributed by atoms with Gasteiger partial charge in [-0.05, 0) is 43.4 Å². The van der Waals surface area contributed by atoms with Crippen LogP contribution in [0.3, 0.4) is 0 Å². The molecule has 1 amide bonds. The van der Waals surface area contributed by atoms with Crippen molar-refractivity contribution in [2.24, 2.45) is 5.84 Å². The van der Waals surface area contributed by atoms with Crippen molar-refractivity contribution in [3.05, 3.63) is 62.9 Å². The maximum Gasteiger partial charge on any atom is 0.255 e. The summed E-state index contributed by atoms with van der Waals surface area (Å²) >= 11 is 7.65. The molecule has 160 valence electrons. The summed E-state index contributed by atoms with van der Waals surface area (Å²) in [5.41, 5.74) is 4.34. The summed E-state index contributed by atoms with van der Waals surface area (Å²) in [4.78, 5) is 16.1. The smallest absolute Gasteiger partial charge is 0.255 e. The number of rotatable bonds is 8. The van der Waals surface area contributed by atoms with Gasteiger partial charge >= 0.3 is 0 Å². The number of allylic oxidation sites excluding steroid dienone is 1. The molecule has 6 nitrogen and oxygen atoms in total. The summed E-state index contributed by atoms with van der Waals surface area (Å²) in [6, 6.07) is 9.18. The molecule has 2 heterocycles. The van der Waals surface area contributed by atoms with E-state index < -0.39 is 6.10 Å². The lowest BCUT2D eigenvalue weighted by molar-refractivity contribution is 0.0584. The Morgan fingerprint density at radius 2 is 2.17 bits per heavy atom. The third-order valence-electron chi connectivity index (χ3n) is 5.61. The van der Waals surface area contributed by atoms with Gasteiger partial charge in [0, 0.05) is 45.4 Å². The molecule has 1 aliphatic heterocycles. The van der Waals surface area contributed by atoms with E-state index in [0.29, 0.717) is 28.1 Å². The maximum absolute atomic E-state index is 13.4. The average Bonchev–Trinajstić information content (AvgIpc) is 3.39. The number of nitrogens with two attached hydrogens (primary N) is 1. The molecule has 2 aromatic rings. The van der Waals surface area contributed by atoms with Crippen molar-refractivity contribution in [1.29, 1.82) is 5.41 Å². The molecule has 1 aromatic carbocycles. The van der Waals surface area contributed by atoms with E-state index in [0.717, 1.165) is 24.1 Å². The molecule has 1 aromatic heterocycles. The van der Waals surface area contributed by atoms with Crippen molar-refractivity contribution in [3.8, 4) is 0 Å². The number of benzene rings is 1. The molecule has 3 atom stereocenters. The average molecular weight is 447 g/mol. The lowest BCUT2D eigenvalue weighted by atomic mass is 10.00. The van der Waals surface area contributed by atoms with Gasteiger partial charge in [-0.25, -0.2) is 0 Å². The zero-order chi connectivity index (χ0) is 21.7. The van der Waals surface area contributed by atoms with Crippen LogP contribution in [0.4, 0.5) is 0 Å². The van der Waals surface area contributed by atoms with Crippen molar-refractivity contribution in [1.82, 2.24) is 10.3 Å². The first-order valence-corrected chi connectivity index (χ1v) is 11.3. The van der Waals surface area contributed by atoms with E-state index in [-0.39, 0.29) is 18.0 Å². The highest BCUT2D eigenvalue weighted by molar-refractivity contribution is 7.11. The van der Waals surface area contributed by atoms with E-state index in [1.54, 1.807) is 12.1 Å². The number of likely N-dealkylation sites (tertiary alicyclic amines) is 1. The Labute approximate surface area is 185 Å². The van der Waals surface area contributed by atoms with Crippen LogP contribution in [0.5, 0.6) is 0 Å². The SMILES string of the molecule is CCC1CCC(CC(O)c2ccccc2Cl)N1C(=O)c1csc(/C(C=N)=C/NN)c1. The summed E-state index contributed by atoms with van der Waals surface area (Å²) < 4.78 is 0. The number of amides is 1. The van der Waals surface area contributed by atoms with E-state index in [1.165, 1.54) is 23.8 Å². The van der Waals surface area contributed by atoms with Crippen molar-refractivity contribution in [2.75, 3.05) is 0 Å². The first kappa shape index (κ1) is 22.5. The van der Waals surface area contributed by atoms with Gasteiger partial charge in [-0.3, -0.25) is 10.6 Å². The largest absolute Gasteiger partial charge is 0.388 e. The number of hydrogen-bond donors (Lipinski definition) is 4. The molecule has 30 heavy (non-hydrogen) atoms. The molecule has 0 aliphatic carbocycles. The predicted octanol–water partition coefficient (Wildman–Crippen LogP) is 4.36. The van der Waals surface area contributed by atoms with Gasteiger partial charge in [0.2, 0.25) is 0 Å². The van der Waals surface area contributed by atoms with Crippen molar-refractivity contribution >= 4 is 40.6 Å². The summed E-state index contributed by atoms with van der Waals surface area (Å²) in [5, 5.41) is 20.7. The number of hydrazine groups is 1. The number of carbonyl (C=O) groups is 1. The van der Waals surface area contributed by atoms with Gasteiger partial charge in [-0.1, -0.05) is 36.7 Å². The third kappa shape index (κ3) is 4.75. The van der Waals surface area contributed by atoms with Crippen LogP contribution in [0, 0.1) is 5.41 Å². The second-order valence-electron chi connectivity index (χ2n) is 7.39. The molecule has 1 saturated heterocycles. The van der Waals surface area contributed by atoms with E-state index in [2.05, 4.69) is 12.3 Å². The number of hydrogen-bond acceptors (Lipinski definition) is 6. The van der Waals surface area contributed by atoms with Crippen LogP contribution in [0.15, 0.2) is 41.9 Å². The molecule has 3 rings (SSSR count). The lowest BCUT2D eigenvalue weighted by Crippen LogP contribution is -2.41.